The normalized spacial score (nSPS) is 11.2. The van der Waals surface area contributed by atoms with Crippen molar-refractivity contribution >= 4 is 22.1 Å². The first-order chi connectivity index (χ1) is 9.65. The van der Waals surface area contributed by atoms with Crippen LogP contribution < -0.4 is 10.6 Å². The van der Waals surface area contributed by atoms with Crippen LogP contribution >= 0.6 is 0 Å². The van der Waals surface area contributed by atoms with E-state index < -0.39 is 0 Å². The summed E-state index contributed by atoms with van der Waals surface area (Å²) in [4.78, 5) is 6.67. The molecule has 0 bridgehead atoms. The highest BCUT2D eigenvalue weighted by Gasteiger charge is 2.14. The van der Waals surface area contributed by atoms with Gasteiger partial charge in [0.05, 0.1) is 0 Å². The molecule has 0 atom stereocenters. The highest BCUT2D eigenvalue weighted by atomic mass is 15.1. The van der Waals surface area contributed by atoms with E-state index in [0.717, 1.165) is 17.6 Å². The number of rotatable bonds is 6. The zero-order chi connectivity index (χ0) is 14.5. The molecule has 0 radical (unpaired) electrons. The van der Waals surface area contributed by atoms with Crippen LogP contribution in [0, 0.1) is 0 Å². The van der Waals surface area contributed by atoms with E-state index in [-0.39, 0.29) is 0 Å². The van der Waals surface area contributed by atoms with Crippen molar-refractivity contribution in [3.8, 4) is 0 Å². The van der Waals surface area contributed by atoms with E-state index in [1.165, 1.54) is 30.3 Å². The first-order valence-electron chi connectivity index (χ1n) is 7.54. The summed E-state index contributed by atoms with van der Waals surface area (Å²) in [7, 11) is 0. The lowest BCUT2D eigenvalue weighted by Gasteiger charge is -2.30. The molecule has 0 saturated carbocycles. The Morgan fingerprint density at radius 1 is 1.15 bits per heavy atom. The fourth-order valence-corrected chi connectivity index (χ4v) is 2.64. The second kappa shape index (κ2) is 6.60. The minimum absolute atomic E-state index is 0.479. The highest BCUT2D eigenvalue weighted by Crippen LogP contribution is 2.31. The number of nitrogen functional groups attached to an aromatic ring is 1. The summed E-state index contributed by atoms with van der Waals surface area (Å²) in [6.07, 6.45) is 7.45. The molecule has 20 heavy (non-hydrogen) atoms. The summed E-state index contributed by atoms with van der Waals surface area (Å²) in [6.45, 7) is 7.82. The third-order valence-electron chi connectivity index (χ3n) is 3.76. The summed E-state index contributed by atoms with van der Waals surface area (Å²) in [5.41, 5.74) is 8.13. The van der Waals surface area contributed by atoms with Gasteiger partial charge in [0.2, 0.25) is 0 Å². The van der Waals surface area contributed by atoms with Crippen LogP contribution in [-0.4, -0.2) is 17.6 Å². The smallest absolute Gasteiger partial charge is 0.0450 e. The zero-order valence-electron chi connectivity index (χ0n) is 12.8. The highest BCUT2D eigenvalue weighted by molar-refractivity contribution is 6.00. The molecule has 2 N–H and O–H groups in total. The van der Waals surface area contributed by atoms with Crippen molar-refractivity contribution < 1.29 is 0 Å². The molecule has 0 amide bonds. The summed E-state index contributed by atoms with van der Waals surface area (Å²) >= 11 is 0. The lowest BCUT2D eigenvalue weighted by molar-refractivity contribution is 0.627. The quantitative estimate of drug-likeness (QED) is 0.631. The Labute approximate surface area is 121 Å². The van der Waals surface area contributed by atoms with E-state index >= 15 is 0 Å². The third kappa shape index (κ3) is 3.03. The van der Waals surface area contributed by atoms with Crippen molar-refractivity contribution in [3.05, 3.63) is 30.6 Å². The van der Waals surface area contributed by atoms with Crippen molar-refractivity contribution in [3.63, 3.8) is 0 Å². The molecule has 1 heterocycles. The van der Waals surface area contributed by atoms with E-state index in [0.29, 0.717) is 6.04 Å². The molecule has 2 rings (SSSR count). The predicted molar refractivity (Wildman–Crippen MR) is 88.2 cm³/mol. The van der Waals surface area contributed by atoms with Gasteiger partial charge in [-0.3, -0.25) is 4.98 Å². The maximum Gasteiger partial charge on any atom is 0.0450 e. The maximum atomic E-state index is 6.06. The summed E-state index contributed by atoms with van der Waals surface area (Å²) in [5, 5.41) is 2.25. The van der Waals surface area contributed by atoms with E-state index in [2.05, 4.69) is 42.8 Å². The van der Waals surface area contributed by atoms with Gasteiger partial charge in [0, 0.05) is 47.1 Å². The second-order valence-corrected chi connectivity index (χ2v) is 5.59. The van der Waals surface area contributed by atoms with Crippen molar-refractivity contribution in [2.24, 2.45) is 0 Å². The molecule has 3 heteroatoms. The molecule has 0 aliphatic rings. The summed E-state index contributed by atoms with van der Waals surface area (Å²) in [6, 6.07) is 6.68. The second-order valence-electron chi connectivity index (χ2n) is 5.59. The van der Waals surface area contributed by atoms with E-state index in [4.69, 9.17) is 5.73 Å². The van der Waals surface area contributed by atoms with Crippen LogP contribution in [0.2, 0.25) is 0 Å². The number of anilines is 2. The van der Waals surface area contributed by atoms with Crippen molar-refractivity contribution in [1.82, 2.24) is 4.98 Å². The number of benzene rings is 1. The Hall–Kier alpha value is -1.77. The fraction of sp³-hybridized carbons (Fsp3) is 0.471. The van der Waals surface area contributed by atoms with Gasteiger partial charge in [0.15, 0.2) is 0 Å². The lowest BCUT2D eigenvalue weighted by atomic mass is 10.1. The minimum atomic E-state index is 0.479. The Balaban J connectivity index is 2.40. The van der Waals surface area contributed by atoms with Gasteiger partial charge in [-0.25, -0.2) is 0 Å². The maximum absolute atomic E-state index is 6.06. The molecule has 0 fully saturated rings. The summed E-state index contributed by atoms with van der Waals surface area (Å²) in [5.74, 6) is 0. The number of aromatic nitrogens is 1. The van der Waals surface area contributed by atoms with Gasteiger partial charge in [-0.15, -0.1) is 0 Å². The Morgan fingerprint density at radius 3 is 2.65 bits per heavy atom. The molecule has 1 aromatic heterocycles. The standard InChI is InChI=1S/C17H25N3/c1-4-5-6-11-20(13(2)3)17-8-7-16(18)15-12-19-10-9-14(15)17/h7-10,12-13H,4-6,11,18H2,1-3H3. The number of pyridine rings is 1. The SMILES string of the molecule is CCCCCN(c1ccc(N)c2cnccc12)C(C)C. The molecule has 0 unspecified atom stereocenters. The van der Waals surface area contributed by atoms with Crippen LogP contribution in [0.5, 0.6) is 0 Å². The molecular formula is C17H25N3. The fourth-order valence-electron chi connectivity index (χ4n) is 2.64. The number of hydrogen-bond acceptors (Lipinski definition) is 3. The van der Waals surface area contributed by atoms with Gasteiger partial charge in [-0.1, -0.05) is 19.8 Å². The van der Waals surface area contributed by atoms with Gasteiger partial charge >= 0.3 is 0 Å². The molecular weight excluding hydrogens is 246 g/mol. The number of nitrogens with two attached hydrogens (primary N) is 1. The van der Waals surface area contributed by atoms with Crippen LogP contribution in [0.4, 0.5) is 11.4 Å². The van der Waals surface area contributed by atoms with E-state index in [1.54, 1.807) is 0 Å². The van der Waals surface area contributed by atoms with Crippen LogP contribution in [0.25, 0.3) is 10.8 Å². The molecule has 0 spiro atoms. The first kappa shape index (κ1) is 14.6. The van der Waals surface area contributed by atoms with Gasteiger partial charge < -0.3 is 10.6 Å². The van der Waals surface area contributed by atoms with Crippen molar-refractivity contribution in [2.45, 2.75) is 46.1 Å². The number of fused-ring (bicyclic) bond motifs is 1. The summed E-state index contributed by atoms with van der Waals surface area (Å²) < 4.78 is 0. The monoisotopic (exact) mass is 271 g/mol. The van der Waals surface area contributed by atoms with Crippen LogP contribution in [-0.2, 0) is 0 Å². The van der Waals surface area contributed by atoms with Crippen molar-refractivity contribution in [1.29, 1.82) is 0 Å². The van der Waals surface area contributed by atoms with Gasteiger partial charge in [-0.05, 0) is 38.5 Å². The largest absolute Gasteiger partial charge is 0.398 e. The molecule has 0 aliphatic heterocycles. The molecule has 1 aromatic carbocycles. The molecule has 0 saturated heterocycles. The zero-order valence-corrected chi connectivity index (χ0v) is 12.8. The lowest BCUT2D eigenvalue weighted by Crippen LogP contribution is -2.31. The van der Waals surface area contributed by atoms with Gasteiger partial charge in [-0.2, -0.15) is 0 Å². The molecule has 3 nitrogen and oxygen atoms in total. The Kier molecular flexibility index (Phi) is 4.83. The average molecular weight is 271 g/mol. The topological polar surface area (TPSA) is 42.1 Å². The number of hydrogen-bond donors (Lipinski definition) is 1. The van der Waals surface area contributed by atoms with Crippen LogP contribution in [0.15, 0.2) is 30.6 Å². The van der Waals surface area contributed by atoms with Crippen molar-refractivity contribution in [2.75, 3.05) is 17.2 Å². The minimum Gasteiger partial charge on any atom is -0.398 e. The third-order valence-corrected chi connectivity index (χ3v) is 3.76. The average Bonchev–Trinajstić information content (AvgIpc) is 2.45. The first-order valence-corrected chi connectivity index (χ1v) is 7.54. The molecule has 2 aromatic rings. The van der Waals surface area contributed by atoms with E-state index in [9.17, 15) is 0 Å². The van der Waals surface area contributed by atoms with Crippen LogP contribution in [0.1, 0.15) is 40.0 Å². The Morgan fingerprint density at radius 2 is 1.95 bits per heavy atom. The molecule has 0 aliphatic carbocycles. The number of unbranched alkanes of at least 4 members (excludes halogenated alkanes) is 2. The Bertz CT molecular complexity index is 563. The number of nitrogens with zero attached hydrogens (tertiary/aromatic N) is 2. The molecule has 108 valence electrons. The van der Waals surface area contributed by atoms with E-state index in [1.807, 2.05) is 18.5 Å². The van der Waals surface area contributed by atoms with Gasteiger partial charge in [0.1, 0.15) is 0 Å². The predicted octanol–water partition coefficient (Wildman–Crippen LogP) is 4.22. The van der Waals surface area contributed by atoms with Crippen LogP contribution in [0.3, 0.4) is 0 Å². The van der Waals surface area contributed by atoms with Gasteiger partial charge in [0.25, 0.3) is 0 Å².